The first-order chi connectivity index (χ1) is 11.4. The molecular weight excluding hydrogens is 320 g/mol. The molecule has 0 unspecified atom stereocenters. The minimum absolute atomic E-state index is 0.428. The van der Waals surface area contributed by atoms with Crippen LogP contribution < -0.4 is 5.32 Å². The highest BCUT2D eigenvalue weighted by Crippen LogP contribution is 2.47. The van der Waals surface area contributed by atoms with E-state index in [2.05, 4.69) is 33.9 Å². The lowest BCUT2D eigenvalue weighted by molar-refractivity contribution is 0.100. The third-order valence-electron chi connectivity index (χ3n) is 4.15. The maximum atomic E-state index is 11.9. The van der Waals surface area contributed by atoms with Gasteiger partial charge in [0.05, 0.1) is 0 Å². The number of amides is 1. The number of carbonyl (C=O) groups is 1. The van der Waals surface area contributed by atoms with Crippen LogP contribution in [0.3, 0.4) is 0 Å². The van der Waals surface area contributed by atoms with E-state index < -0.39 is 15.6 Å². The van der Waals surface area contributed by atoms with Gasteiger partial charge in [-0.3, -0.25) is 4.79 Å². The molecule has 0 heterocycles. The molecule has 2 aromatic rings. The smallest absolute Gasteiger partial charge is 0.285 e. The normalized spacial score (nSPS) is 19.6. The van der Waals surface area contributed by atoms with Crippen molar-refractivity contribution in [1.82, 2.24) is 0 Å². The molecule has 0 bridgehead atoms. The Labute approximate surface area is 143 Å². The number of hydrogen-bond acceptors (Lipinski definition) is 3. The summed E-state index contributed by atoms with van der Waals surface area (Å²) in [6.45, 7) is 0.926. The van der Waals surface area contributed by atoms with Crippen molar-refractivity contribution in [2.24, 2.45) is 10.3 Å². The number of hydrogen-bond donors (Lipinski definition) is 1. The van der Waals surface area contributed by atoms with Gasteiger partial charge in [0.15, 0.2) is 0 Å². The fourth-order valence-electron chi connectivity index (χ4n) is 2.81. The zero-order valence-electron chi connectivity index (χ0n) is 13.9. The van der Waals surface area contributed by atoms with E-state index in [4.69, 9.17) is 0 Å². The van der Waals surface area contributed by atoms with Crippen molar-refractivity contribution < 1.29 is 9.00 Å². The van der Waals surface area contributed by atoms with Gasteiger partial charge < -0.3 is 5.32 Å². The average Bonchev–Trinajstić information content (AvgIpc) is 3.32. The van der Waals surface area contributed by atoms with E-state index in [1.165, 1.54) is 24.5 Å². The standard InChI is InChI=1S/C19H22N2O2S/c1-24(2,23)21-19(22)15-8-10-17(11-9-15)20-13-16-12-18(16)14-6-4-3-5-7-14/h3-11,16,18,20H,12-13H2,1-2H3/t16-,18-/m0/s1. The van der Waals surface area contributed by atoms with Crippen LogP contribution in [-0.4, -0.2) is 29.2 Å². The Morgan fingerprint density at radius 3 is 2.42 bits per heavy atom. The van der Waals surface area contributed by atoms with Gasteiger partial charge in [0.1, 0.15) is 0 Å². The fraction of sp³-hybridized carbons (Fsp3) is 0.316. The van der Waals surface area contributed by atoms with Crippen molar-refractivity contribution in [2.75, 3.05) is 24.4 Å². The van der Waals surface area contributed by atoms with Gasteiger partial charge in [-0.05, 0) is 48.1 Å². The number of benzene rings is 2. The third-order valence-corrected chi connectivity index (χ3v) is 4.76. The predicted octanol–water partition coefficient (Wildman–Crippen LogP) is 3.77. The van der Waals surface area contributed by atoms with Crippen molar-refractivity contribution >= 4 is 21.3 Å². The summed E-state index contributed by atoms with van der Waals surface area (Å²) in [6, 6.07) is 17.8. The van der Waals surface area contributed by atoms with Crippen LogP contribution in [-0.2, 0) is 9.73 Å². The van der Waals surface area contributed by atoms with Crippen LogP contribution in [0.5, 0.6) is 0 Å². The molecule has 126 valence electrons. The van der Waals surface area contributed by atoms with Gasteiger partial charge in [-0.25, -0.2) is 4.21 Å². The maximum absolute atomic E-state index is 11.9. The first kappa shape index (κ1) is 16.7. The molecule has 0 spiro atoms. The van der Waals surface area contributed by atoms with Gasteiger partial charge in [-0.2, -0.15) is 4.36 Å². The summed E-state index contributed by atoms with van der Waals surface area (Å²) in [6.07, 6.45) is 4.13. The quantitative estimate of drug-likeness (QED) is 0.900. The monoisotopic (exact) mass is 342 g/mol. The van der Waals surface area contributed by atoms with E-state index in [1.54, 1.807) is 12.1 Å². The molecule has 4 nitrogen and oxygen atoms in total. The molecule has 1 fully saturated rings. The van der Waals surface area contributed by atoms with E-state index in [1.807, 2.05) is 18.2 Å². The number of anilines is 1. The molecule has 1 aliphatic carbocycles. The lowest BCUT2D eigenvalue weighted by Crippen LogP contribution is -2.05. The molecule has 0 aliphatic heterocycles. The second kappa shape index (κ2) is 6.77. The van der Waals surface area contributed by atoms with Gasteiger partial charge in [0.2, 0.25) is 0 Å². The van der Waals surface area contributed by atoms with E-state index in [0.717, 1.165) is 12.2 Å². The first-order valence-electron chi connectivity index (χ1n) is 8.03. The summed E-state index contributed by atoms with van der Waals surface area (Å²) in [5, 5.41) is 3.42. The Bertz CT molecular complexity index is 829. The molecule has 5 heteroatoms. The molecule has 0 aromatic heterocycles. The molecule has 0 radical (unpaired) electrons. The summed E-state index contributed by atoms with van der Waals surface area (Å²) in [5.41, 5.74) is 2.86. The molecule has 0 saturated heterocycles. The minimum atomic E-state index is -2.42. The van der Waals surface area contributed by atoms with Gasteiger partial charge in [-0.1, -0.05) is 30.3 Å². The Hall–Kier alpha value is -2.14. The Morgan fingerprint density at radius 1 is 1.12 bits per heavy atom. The van der Waals surface area contributed by atoms with Gasteiger partial charge in [0, 0.05) is 40.0 Å². The second-order valence-corrected chi connectivity index (χ2v) is 9.09. The van der Waals surface area contributed by atoms with Crippen LogP contribution in [0.2, 0.25) is 0 Å². The number of rotatable bonds is 5. The Kier molecular flexibility index (Phi) is 4.71. The summed E-state index contributed by atoms with van der Waals surface area (Å²) < 4.78 is 15.3. The summed E-state index contributed by atoms with van der Waals surface area (Å²) in [7, 11) is -2.42. The Morgan fingerprint density at radius 2 is 1.79 bits per heavy atom. The number of nitrogens with one attached hydrogen (secondary N) is 1. The number of nitrogens with zero attached hydrogens (tertiary/aromatic N) is 1. The van der Waals surface area contributed by atoms with E-state index >= 15 is 0 Å². The molecule has 3 rings (SSSR count). The number of carbonyl (C=O) groups excluding carboxylic acids is 1. The van der Waals surface area contributed by atoms with Crippen LogP contribution in [0.25, 0.3) is 0 Å². The van der Waals surface area contributed by atoms with Gasteiger partial charge >= 0.3 is 0 Å². The summed E-state index contributed by atoms with van der Waals surface area (Å²) >= 11 is 0. The molecule has 1 amide bonds. The largest absolute Gasteiger partial charge is 0.385 e. The minimum Gasteiger partial charge on any atom is -0.385 e. The third kappa shape index (κ3) is 4.45. The molecule has 2 aromatic carbocycles. The van der Waals surface area contributed by atoms with Crippen molar-refractivity contribution in [3.05, 3.63) is 65.7 Å². The van der Waals surface area contributed by atoms with Crippen LogP contribution in [0.1, 0.15) is 28.3 Å². The van der Waals surface area contributed by atoms with Crippen LogP contribution in [0, 0.1) is 5.92 Å². The van der Waals surface area contributed by atoms with Gasteiger partial charge in [0.25, 0.3) is 5.91 Å². The second-order valence-electron chi connectivity index (χ2n) is 6.55. The van der Waals surface area contributed by atoms with Gasteiger partial charge in [-0.15, -0.1) is 0 Å². The van der Waals surface area contributed by atoms with Crippen molar-refractivity contribution in [3.63, 3.8) is 0 Å². The van der Waals surface area contributed by atoms with Crippen molar-refractivity contribution in [3.8, 4) is 0 Å². The lowest BCUT2D eigenvalue weighted by Gasteiger charge is -2.07. The fourth-order valence-corrected chi connectivity index (χ4v) is 3.32. The zero-order chi connectivity index (χ0) is 17.2. The van der Waals surface area contributed by atoms with Crippen LogP contribution >= 0.6 is 0 Å². The highest BCUT2D eigenvalue weighted by atomic mass is 32.2. The zero-order valence-corrected chi connectivity index (χ0v) is 14.8. The topological polar surface area (TPSA) is 58.5 Å². The molecule has 24 heavy (non-hydrogen) atoms. The van der Waals surface area contributed by atoms with E-state index in [0.29, 0.717) is 17.4 Å². The molecule has 1 N–H and O–H groups in total. The average molecular weight is 342 g/mol. The SMILES string of the molecule is CS(C)(=O)=NC(=O)c1ccc(NC[C@@H]2C[C@H]2c2ccccc2)cc1. The van der Waals surface area contributed by atoms with Crippen LogP contribution in [0.4, 0.5) is 5.69 Å². The molecular formula is C19H22N2O2S. The highest BCUT2D eigenvalue weighted by Gasteiger charge is 2.37. The van der Waals surface area contributed by atoms with E-state index in [-0.39, 0.29) is 0 Å². The molecule has 1 saturated carbocycles. The Balaban J connectivity index is 1.54. The first-order valence-corrected chi connectivity index (χ1v) is 10.4. The summed E-state index contributed by atoms with van der Waals surface area (Å²) in [5.74, 6) is 0.886. The highest BCUT2D eigenvalue weighted by molar-refractivity contribution is 7.92. The molecule has 2 atom stereocenters. The van der Waals surface area contributed by atoms with E-state index in [9.17, 15) is 9.00 Å². The van der Waals surface area contributed by atoms with Crippen molar-refractivity contribution in [2.45, 2.75) is 12.3 Å². The van der Waals surface area contributed by atoms with Crippen LogP contribution in [0.15, 0.2) is 59.0 Å². The molecule has 1 aliphatic rings. The predicted molar refractivity (Wildman–Crippen MR) is 99.0 cm³/mol. The lowest BCUT2D eigenvalue weighted by atomic mass is 10.1. The maximum Gasteiger partial charge on any atom is 0.285 e. The summed E-state index contributed by atoms with van der Waals surface area (Å²) in [4.78, 5) is 11.9. The van der Waals surface area contributed by atoms with Crippen molar-refractivity contribution in [1.29, 1.82) is 0 Å².